The number of allylic oxidation sites excluding steroid dienone is 4. The Morgan fingerprint density at radius 3 is 2.64 bits per heavy atom. The van der Waals surface area contributed by atoms with E-state index in [0.717, 1.165) is 10.0 Å². The van der Waals surface area contributed by atoms with Crippen LogP contribution in [0.3, 0.4) is 0 Å². The van der Waals surface area contributed by atoms with Crippen molar-refractivity contribution in [2.45, 2.75) is 19.3 Å². The monoisotopic (exact) mass is 300 g/mol. The Hall–Kier alpha value is -0.120. The molecule has 0 saturated heterocycles. The first kappa shape index (κ1) is 9.13. The normalized spacial score (nSPS) is 44.9. The SMILES string of the molecule is O=C1C(I)=CC[C@@H]2[C@@H]1[C@@H]1C=C[C@H]2CC1. The number of Topliss-reactive ketones (excluding diaryl/α,β-unsaturated/α-hetero) is 1. The topological polar surface area (TPSA) is 17.1 Å². The van der Waals surface area contributed by atoms with Crippen LogP contribution in [0.1, 0.15) is 19.3 Å². The van der Waals surface area contributed by atoms with Crippen molar-refractivity contribution in [3.05, 3.63) is 21.8 Å². The molecule has 2 bridgehead atoms. The van der Waals surface area contributed by atoms with E-state index in [4.69, 9.17) is 0 Å². The molecule has 1 saturated carbocycles. The van der Waals surface area contributed by atoms with Gasteiger partial charge in [-0.1, -0.05) is 18.2 Å². The van der Waals surface area contributed by atoms with E-state index in [1.54, 1.807) is 0 Å². The summed E-state index contributed by atoms with van der Waals surface area (Å²) < 4.78 is 0.977. The second-order valence-corrected chi connectivity index (χ2v) is 5.79. The Morgan fingerprint density at radius 2 is 1.93 bits per heavy atom. The second-order valence-electron chi connectivity index (χ2n) is 4.63. The molecule has 0 N–H and O–H groups in total. The van der Waals surface area contributed by atoms with Crippen LogP contribution in [-0.2, 0) is 4.79 Å². The molecule has 0 heterocycles. The molecular formula is C12H13IO. The molecule has 4 aliphatic carbocycles. The van der Waals surface area contributed by atoms with Crippen molar-refractivity contribution < 1.29 is 4.79 Å². The average molecular weight is 300 g/mol. The minimum absolute atomic E-state index is 0.329. The van der Waals surface area contributed by atoms with E-state index in [1.807, 2.05) is 0 Å². The van der Waals surface area contributed by atoms with Gasteiger partial charge in [-0.25, -0.2) is 0 Å². The number of carbonyl (C=O) groups excluding carboxylic acids is 1. The number of hydrogen-bond donors (Lipinski definition) is 0. The van der Waals surface area contributed by atoms with Gasteiger partial charge >= 0.3 is 0 Å². The number of ketones is 1. The molecule has 0 radical (unpaired) electrons. The predicted molar refractivity (Wildman–Crippen MR) is 64.1 cm³/mol. The molecular weight excluding hydrogens is 287 g/mol. The summed E-state index contributed by atoms with van der Waals surface area (Å²) in [5.74, 6) is 2.62. The number of hydrogen-bond acceptors (Lipinski definition) is 1. The minimum Gasteiger partial charge on any atom is -0.293 e. The highest BCUT2D eigenvalue weighted by Gasteiger charge is 2.45. The molecule has 0 aliphatic heterocycles. The molecule has 4 atom stereocenters. The Balaban J connectivity index is 2.01. The van der Waals surface area contributed by atoms with Crippen molar-refractivity contribution in [2.24, 2.45) is 23.7 Å². The lowest BCUT2D eigenvalue weighted by Crippen LogP contribution is -2.42. The Kier molecular flexibility index (Phi) is 2.08. The zero-order chi connectivity index (χ0) is 9.71. The van der Waals surface area contributed by atoms with E-state index < -0.39 is 0 Å². The fourth-order valence-corrected chi connectivity index (χ4v) is 3.93. The second kappa shape index (κ2) is 3.19. The van der Waals surface area contributed by atoms with Crippen molar-refractivity contribution in [3.63, 3.8) is 0 Å². The lowest BCUT2D eigenvalue weighted by atomic mass is 9.59. The molecule has 0 unspecified atom stereocenters. The first-order valence-electron chi connectivity index (χ1n) is 5.35. The van der Waals surface area contributed by atoms with Crippen LogP contribution >= 0.6 is 22.6 Å². The molecule has 0 aromatic rings. The summed E-state index contributed by atoms with van der Waals surface area (Å²) >= 11 is 2.20. The third-order valence-corrected chi connectivity index (χ3v) is 4.99. The molecule has 1 nitrogen and oxygen atoms in total. The van der Waals surface area contributed by atoms with Crippen molar-refractivity contribution in [1.29, 1.82) is 0 Å². The maximum absolute atomic E-state index is 12.0. The highest BCUT2D eigenvalue weighted by atomic mass is 127. The fraction of sp³-hybridized carbons (Fsp3) is 0.583. The predicted octanol–water partition coefficient (Wildman–Crippen LogP) is 3.11. The average Bonchev–Trinajstić information content (AvgIpc) is 2.25. The lowest BCUT2D eigenvalue weighted by molar-refractivity contribution is -0.124. The third-order valence-electron chi connectivity index (χ3n) is 4.02. The van der Waals surface area contributed by atoms with Gasteiger partial charge in [0.25, 0.3) is 0 Å². The van der Waals surface area contributed by atoms with Gasteiger partial charge in [-0.05, 0) is 59.6 Å². The van der Waals surface area contributed by atoms with Crippen molar-refractivity contribution >= 4 is 28.4 Å². The van der Waals surface area contributed by atoms with Crippen LogP contribution in [0.5, 0.6) is 0 Å². The van der Waals surface area contributed by atoms with Gasteiger partial charge in [0, 0.05) is 5.92 Å². The summed E-state index contributed by atoms with van der Waals surface area (Å²) in [6.07, 6.45) is 10.5. The van der Waals surface area contributed by atoms with Gasteiger partial charge in [-0.2, -0.15) is 0 Å². The molecule has 0 spiro atoms. The highest BCUT2D eigenvalue weighted by molar-refractivity contribution is 14.1. The number of fused-ring (bicyclic) bond motifs is 1. The summed E-state index contributed by atoms with van der Waals surface area (Å²) in [6, 6.07) is 0. The van der Waals surface area contributed by atoms with E-state index in [0.29, 0.717) is 29.5 Å². The first-order valence-corrected chi connectivity index (χ1v) is 6.43. The van der Waals surface area contributed by atoms with Crippen molar-refractivity contribution in [3.8, 4) is 0 Å². The third kappa shape index (κ3) is 1.16. The summed E-state index contributed by atoms with van der Waals surface area (Å²) in [4.78, 5) is 12.0. The first-order chi connectivity index (χ1) is 6.77. The van der Waals surface area contributed by atoms with Crippen LogP contribution in [0.15, 0.2) is 21.8 Å². The minimum atomic E-state index is 0.329. The summed E-state index contributed by atoms with van der Waals surface area (Å²) in [7, 11) is 0. The standard InChI is InChI=1S/C12H13IO/c13-10-6-5-9-7-1-3-8(4-2-7)11(9)12(10)14/h1,3,6-9,11H,2,4-5H2/t7-,8+,9-,11-/m0/s1. The van der Waals surface area contributed by atoms with Gasteiger partial charge in [0.05, 0.1) is 3.58 Å². The van der Waals surface area contributed by atoms with Gasteiger partial charge in [0.1, 0.15) is 0 Å². The quantitative estimate of drug-likeness (QED) is 0.496. The zero-order valence-corrected chi connectivity index (χ0v) is 10.1. The van der Waals surface area contributed by atoms with Crippen molar-refractivity contribution in [2.75, 3.05) is 0 Å². The van der Waals surface area contributed by atoms with E-state index in [2.05, 4.69) is 40.8 Å². The Morgan fingerprint density at radius 1 is 1.21 bits per heavy atom. The maximum Gasteiger partial charge on any atom is 0.172 e. The Bertz CT molecular complexity index is 342. The lowest BCUT2D eigenvalue weighted by Gasteiger charge is -2.45. The maximum atomic E-state index is 12.0. The molecule has 4 rings (SSSR count). The van der Waals surface area contributed by atoms with E-state index in [-0.39, 0.29) is 0 Å². The van der Waals surface area contributed by atoms with Crippen LogP contribution in [0.4, 0.5) is 0 Å². The molecule has 0 amide bonds. The van der Waals surface area contributed by atoms with Crippen molar-refractivity contribution in [1.82, 2.24) is 0 Å². The summed E-state index contributed by atoms with van der Waals surface area (Å²) in [5.41, 5.74) is 0. The van der Waals surface area contributed by atoms with Crippen LogP contribution in [0.2, 0.25) is 0 Å². The molecule has 14 heavy (non-hydrogen) atoms. The molecule has 4 aliphatic rings. The van der Waals surface area contributed by atoms with Gasteiger partial charge < -0.3 is 0 Å². The van der Waals surface area contributed by atoms with Gasteiger partial charge in [0.2, 0.25) is 0 Å². The summed E-state index contributed by atoms with van der Waals surface area (Å²) in [6.45, 7) is 0. The van der Waals surface area contributed by atoms with Gasteiger partial charge in [-0.15, -0.1) is 0 Å². The largest absolute Gasteiger partial charge is 0.293 e. The van der Waals surface area contributed by atoms with Crippen LogP contribution in [0.25, 0.3) is 0 Å². The van der Waals surface area contributed by atoms with Crippen LogP contribution in [-0.4, -0.2) is 5.78 Å². The van der Waals surface area contributed by atoms with E-state index in [9.17, 15) is 4.79 Å². The zero-order valence-electron chi connectivity index (χ0n) is 7.95. The van der Waals surface area contributed by atoms with E-state index >= 15 is 0 Å². The van der Waals surface area contributed by atoms with E-state index in [1.165, 1.54) is 12.8 Å². The Labute approximate surface area is 97.8 Å². The molecule has 2 heteroatoms. The highest BCUT2D eigenvalue weighted by Crippen LogP contribution is 2.49. The van der Waals surface area contributed by atoms with Crippen LogP contribution < -0.4 is 0 Å². The molecule has 0 aromatic carbocycles. The van der Waals surface area contributed by atoms with Gasteiger partial charge in [0.15, 0.2) is 5.78 Å². The smallest absolute Gasteiger partial charge is 0.172 e. The fourth-order valence-electron chi connectivity index (χ4n) is 3.31. The molecule has 1 fully saturated rings. The van der Waals surface area contributed by atoms with Crippen LogP contribution in [0, 0.1) is 23.7 Å². The molecule has 0 aromatic heterocycles. The number of carbonyl (C=O) groups is 1. The number of halogens is 1. The number of rotatable bonds is 0. The molecule has 74 valence electrons. The summed E-state index contributed by atoms with van der Waals surface area (Å²) in [5, 5.41) is 0. The van der Waals surface area contributed by atoms with Gasteiger partial charge in [-0.3, -0.25) is 4.79 Å².